The minimum Gasteiger partial charge on any atom is -0.508 e. The monoisotopic (exact) mass is 246 g/mol. The lowest BCUT2D eigenvalue weighted by molar-refractivity contribution is 0.469. The second-order valence-electron chi connectivity index (χ2n) is 3.84. The molecule has 0 aliphatic heterocycles. The maximum absolute atomic E-state index is 11.6. The van der Waals surface area contributed by atoms with Gasteiger partial charge in [-0.3, -0.25) is 4.79 Å². The zero-order valence-electron chi connectivity index (χ0n) is 10.00. The third kappa shape index (κ3) is 2.85. The fourth-order valence-electron chi connectivity index (χ4n) is 1.67. The van der Waals surface area contributed by atoms with Gasteiger partial charge in [0.05, 0.1) is 0 Å². The molecular weight excluding hydrogens is 232 g/mol. The van der Waals surface area contributed by atoms with E-state index in [2.05, 4.69) is 15.3 Å². The summed E-state index contributed by atoms with van der Waals surface area (Å²) in [7, 11) is 0. The van der Waals surface area contributed by atoms with Crippen molar-refractivity contribution in [3.05, 3.63) is 46.6 Å². The van der Waals surface area contributed by atoms with Crippen molar-refractivity contribution in [2.75, 3.05) is 11.9 Å². The van der Waals surface area contributed by atoms with Crippen molar-refractivity contribution in [3.8, 4) is 5.75 Å². The summed E-state index contributed by atoms with van der Waals surface area (Å²) in [6.07, 6.45) is 3.29. The van der Waals surface area contributed by atoms with Crippen molar-refractivity contribution in [1.82, 2.24) is 14.5 Å². The van der Waals surface area contributed by atoms with Gasteiger partial charge in [-0.15, -0.1) is 0 Å². The Kier molecular flexibility index (Phi) is 3.57. The molecule has 2 aromatic rings. The number of nitrogens with one attached hydrogen (secondary N) is 1. The van der Waals surface area contributed by atoms with E-state index in [0.29, 0.717) is 19.0 Å². The van der Waals surface area contributed by atoms with Crippen LogP contribution in [-0.4, -0.2) is 26.2 Å². The fraction of sp³-hybridized carbons (Fsp3) is 0.250. The van der Waals surface area contributed by atoms with E-state index < -0.39 is 0 Å². The van der Waals surface area contributed by atoms with Crippen LogP contribution in [0.2, 0.25) is 0 Å². The van der Waals surface area contributed by atoms with Crippen molar-refractivity contribution in [1.29, 1.82) is 0 Å². The number of aromatic hydroxyl groups is 1. The second kappa shape index (κ2) is 5.31. The number of anilines is 1. The van der Waals surface area contributed by atoms with Crippen LogP contribution in [0.25, 0.3) is 0 Å². The zero-order chi connectivity index (χ0) is 13.0. The predicted molar refractivity (Wildman–Crippen MR) is 67.6 cm³/mol. The molecule has 0 unspecified atom stereocenters. The van der Waals surface area contributed by atoms with Crippen LogP contribution < -0.4 is 10.9 Å². The summed E-state index contributed by atoms with van der Waals surface area (Å²) in [5.74, 6) is 0.523. The summed E-state index contributed by atoms with van der Waals surface area (Å²) in [6, 6.07) is 4.49. The van der Waals surface area contributed by atoms with E-state index in [-0.39, 0.29) is 11.3 Å². The van der Waals surface area contributed by atoms with Crippen LogP contribution in [0.5, 0.6) is 5.75 Å². The number of pyridine rings is 1. The molecule has 2 aromatic heterocycles. The Labute approximate surface area is 104 Å². The lowest BCUT2D eigenvalue weighted by Gasteiger charge is -2.10. The molecule has 2 heterocycles. The van der Waals surface area contributed by atoms with Crippen LogP contribution in [0.15, 0.2) is 35.4 Å². The summed E-state index contributed by atoms with van der Waals surface area (Å²) in [5, 5.41) is 12.3. The molecule has 0 atom stereocenters. The average molecular weight is 246 g/mol. The van der Waals surface area contributed by atoms with E-state index in [4.69, 9.17) is 0 Å². The molecule has 0 aromatic carbocycles. The molecule has 6 nitrogen and oxygen atoms in total. The lowest BCUT2D eigenvalue weighted by Crippen LogP contribution is -2.25. The van der Waals surface area contributed by atoms with Gasteiger partial charge in [0.25, 0.3) is 5.56 Å². The maximum Gasteiger partial charge on any atom is 0.254 e. The van der Waals surface area contributed by atoms with Gasteiger partial charge in [-0.05, 0) is 19.1 Å². The highest BCUT2D eigenvalue weighted by Crippen LogP contribution is 2.06. The van der Waals surface area contributed by atoms with Gasteiger partial charge in [0.1, 0.15) is 5.75 Å². The predicted octanol–water partition coefficient (Wildman–Crippen LogP) is 0.764. The van der Waals surface area contributed by atoms with Crippen LogP contribution in [-0.2, 0) is 6.54 Å². The van der Waals surface area contributed by atoms with Crippen LogP contribution in [0.3, 0.4) is 0 Å². The maximum atomic E-state index is 11.6. The summed E-state index contributed by atoms with van der Waals surface area (Å²) in [4.78, 5) is 19.7. The molecule has 18 heavy (non-hydrogen) atoms. The molecule has 2 N–H and O–H groups in total. The van der Waals surface area contributed by atoms with Gasteiger partial charge >= 0.3 is 0 Å². The molecule has 6 heteroatoms. The normalized spacial score (nSPS) is 10.3. The van der Waals surface area contributed by atoms with Gasteiger partial charge in [0, 0.05) is 37.2 Å². The summed E-state index contributed by atoms with van der Waals surface area (Å²) < 4.78 is 1.58. The molecular formula is C12H14N4O2. The van der Waals surface area contributed by atoms with Crippen LogP contribution in [0, 0.1) is 6.92 Å². The van der Waals surface area contributed by atoms with Crippen molar-refractivity contribution < 1.29 is 5.11 Å². The van der Waals surface area contributed by atoms with Gasteiger partial charge < -0.3 is 15.0 Å². The Morgan fingerprint density at radius 2 is 2.06 bits per heavy atom. The van der Waals surface area contributed by atoms with Crippen LogP contribution in [0.1, 0.15) is 5.69 Å². The number of aromatic nitrogens is 3. The SMILES string of the molecule is Cc1cc(O)cc(=O)n1CCNc1ncccn1. The van der Waals surface area contributed by atoms with Crippen molar-refractivity contribution in [2.45, 2.75) is 13.5 Å². The Balaban J connectivity index is 2.01. The third-order valence-electron chi connectivity index (χ3n) is 2.50. The van der Waals surface area contributed by atoms with Crippen LogP contribution >= 0.6 is 0 Å². The van der Waals surface area contributed by atoms with E-state index in [9.17, 15) is 9.90 Å². The van der Waals surface area contributed by atoms with Crippen molar-refractivity contribution >= 4 is 5.95 Å². The number of nitrogens with zero attached hydrogens (tertiary/aromatic N) is 3. The fourth-order valence-corrected chi connectivity index (χ4v) is 1.67. The minimum absolute atomic E-state index is 0.00639. The third-order valence-corrected chi connectivity index (χ3v) is 2.50. The number of rotatable bonds is 4. The molecule has 0 radical (unpaired) electrons. The first-order valence-electron chi connectivity index (χ1n) is 5.58. The molecule has 94 valence electrons. The van der Waals surface area contributed by atoms with Gasteiger partial charge in [0.15, 0.2) is 0 Å². The summed E-state index contributed by atoms with van der Waals surface area (Å²) in [6.45, 7) is 2.80. The van der Waals surface area contributed by atoms with E-state index in [1.54, 1.807) is 36.0 Å². The second-order valence-corrected chi connectivity index (χ2v) is 3.84. The Hall–Kier alpha value is -2.37. The summed E-state index contributed by atoms with van der Waals surface area (Å²) >= 11 is 0. The van der Waals surface area contributed by atoms with Gasteiger partial charge in [0.2, 0.25) is 5.95 Å². The lowest BCUT2D eigenvalue weighted by atomic mass is 10.3. The first kappa shape index (κ1) is 12.1. The van der Waals surface area contributed by atoms with Crippen LogP contribution in [0.4, 0.5) is 5.95 Å². The van der Waals surface area contributed by atoms with Gasteiger partial charge in [-0.25, -0.2) is 9.97 Å². The van der Waals surface area contributed by atoms with Gasteiger partial charge in [-0.1, -0.05) is 0 Å². The molecule has 2 rings (SSSR count). The quantitative estimate of drug-likeness (QED) is 0.832. The molecule has 0 bridgehead atoms. The van der Waals surface area contributed by atoms with Crippen molar-refractivity contribution in [2.24, 2.45) is 0 Å². The average Bonchev–Trinajstić information content (AvgIpc) is 2.34. The summed E-state index contributed by atoms with van der Waals surface area (Å²) in [5.41, 5.74) is 0.499. The molecule has 0 aliphatic carbocycles. The standard InChI is InChI=1S/C12H14N4O2/c1-9-7-10(17)8-11(18)16(9)6-5-15-12-13-3-2-4-14-12/h2-4,7-8,17H,5-6H2,1H3,(H,13,14,15). The minimum atomic E-state index is -0.219. The number of hydrogen-bond donors (Lipinski definition) is 2. The van der Waals surface area contributed by atoms with Crippen molar-refractivity contribution in [3.63, 3.8) is 0 Å². The van der Waals surface area contributed by atoms with E-state index in [1.165, 1.54) is 6.07 Å². The highest BCUT2D eigenvalue weighted by atomic mass is 16.3. The topological polar surface area (TPSA) is 80.0 Å². The number of hydrogen-bond acceptors (Lipinski definition) is 5. The number of aryl methyl sites for hydroxylation is 1. The molecule has 0 aliphatic rings. The van der Waals surface area contributed by atoms with E-state index in [0.717, 1.165) is 5.69 Å². The molecule has 0 saturated carbocycles. The Morgan fingerprint density at radius 1 is 1.33 bits per heavy atom. The first-order chi connectivity index (χ1) is 8.66. The zero-order valence-corrected chi connectivity index (χ0v) is 10.00. The molecule has 0 amide bonds. The molecule has 0 saturated heterocycles. The highest BCUT2D eigenvalue weighted by Gasteiger charge is 2.02. The van der Waals surface area contributed by atoms with Gasteiger partial charge in [-0.2, -0.15) is 0 Å². The Bertz CT molecular complexity index is 580. The first-order valence-corrected chi connectivity index (χ1v) is 5.58. The largest absolute Gasteiger partial charge is 0.508 e. The molecule has 0 spiro atoms. The Morgan fingerprint density at radius 3 is 2.72 bits per heavy atom. The smallest absolute Gasteiger partial charge is 0.254 e. The highest BCUT2D eigenvalue weighted by molar-refractivity contribution is 5.23. The van der Waals surface area contributed by atoms with E-state index >= 15 is 0 Å². The molecule has 0 fully saturated rings. The van der Waals surface area contributed by atoms with E-state index in [1.807, 2.05) is 0 Å².